The molecule has 1 N–H and O–H groups in total. The van der Waals surface area contributed by atoms with Gasteiger partial charge in [0.25, 0.3) is 5.91 Å². The van der Waals surface area contributed by atoms with E-state index in [0.29, 0.717) is 13.0 Å². The molecule has 38 heavy (non-hydrogen) atoms. The van der Waals surface area contributed by atoms with Crippen molar-refractivity contribution in [2.45, 2.75) is 97.0 Å². The van der Waals surface area contributed by atoms with Gasteiger partial charge >= 0.3 is 5.97 Å². The van der Waals surface area contributed by atoms with Crippen LogP contribution < -0.4 is 15.5 Å². The molecule has 0 aromatic heterocycles. The smallest absolute Gasteiger partial charge is 0.338 e. The van der Waals surface area contributed by atoms with Crippen molar-refractivity contribution in [2.75, 3.05) is 13.2 Å². The van der Waals surface area contributed by atoms with E-state index in [9.17, 15) is 14.4 Å². The molecule has 6 nitrogen and oxygen atoms in total. The summed E-state index contributed by atoms with van der Waals surface area (Å²) in [5.41, 5.74) is -0.141. The lowest BCUT2D eigenvalue weighted by Crippen LogP contribution is -2.28. The minimum Gasteiger partial charge on any atom is -0.490 e. The molecule has 2 aromatic carbocycles. The van der Waals surface area contributed by atoms with E-state index in [1.54, 1.807) is 0 Å². The summed E-state index contributed by atoms with van der Waals surface area (Å²) in [6.45, 7) is 5.14. The number of esters is 1. The van der Waals surface area contributed by atoms with Crippen molar-refractivity contribution in [1.29, 1.82) is 0 Å². The fourth-order valence-electron chi connectivity index (χ4n) is 4.21. The molecule has 6 heteroatoms. The van der Waals surface area contributed by atoms with Gasteiger partial charge in [-0.05, 0) is 62.1 Å². The molecule has 0 saturated heterocycles. The van der Waals surface area contributed by atoms with E-state index in [-0.39, 0.29) is 23.8 Å². The predicted octanol–water partition coefficient (Wildman–Crippen LogP) is 7.10. The zero-order valence-corrected chi connectivity index (χ0v) is 23.2. The number of carbonyl (C=O) groups excluding carboxylic acids is 2. The molecule has 208 valence electrons. The van der Waals surface area contributed by atoms with Gasteiger partial charge < -0.3 is 14.8 Å². The Morgan fingerprint density at radius 2 is 1.42 bits per heavy atom. The molecule has 2 rings (SSSR count). The maximum Gasteiger partial charge on any atom is 0.338 e. The maximum atomic E-state index is 12.6. The van der Waals surface area contributed by atoms with E-state index in [0.717, 1.165) is 50.7 Å². The van der Waals surface area contributed by atoms with Crippen LogP contribution in [0.1, 0.15) is 112 Å². The van der Waals surface area contributed by atoms with Gasteiger partial charge in [0, 0.05) is 6.54 Å². The zero-order chi connectivity index (χ0) is 27.4. The van der Waals surface area contributed by atoms with Gasteiger partial charge in [0.15, 0.2) is 5.43 Å². The van der Waals surface area contributed by atoms with Gasteiger partial charge in [-0.3, -0.25) is 9.59 Å². The van der Waals surface area contributed by atoms with Gasteiger partial charge in [0.2, 0.25) is 0 Å². The zero-order valence-electron chi connectivity index (χ0n) is 23.2. The quantitative estimate of drug-likeness (QED) is 0.157. The lowest BCUT2D eigenvalue weighted by atomic mass is 10.1. The molecule has 0 bridgehead atoms. The van der Waals surface area contributed by atoms with E-state index >= 15 is 0 Å². The molecule has 1 atom stereocenters. The summed E-state index contributed by atoms with van der Waals surface area (Å²) < 4.78 is 11.6. The summed E-state index contributed by atoms with van der Waals surface area (Å²) in [4.78, 5) is 37.5. The number of nitrogens with one attached hydrogen (secondary N) is 1. The largest absolute Gasteiger partial charge is 0.490 e. The number of unbranched alkanes of at least 4 members (excludes halogenated alkanes) is 7. The molecule has 0 aliphatic rings. The average molecular weight is 524 g/mol. The number of ether oxygens (including phenoxy) is 2. The van der Waals surface area contributed by atoms with Crippen LogP contribution in [0.15, 0.2) is 59.4 Å². The molecular weight excluding hydrogens is 478 g/mol. The Morgan fingerprint density at radius 1 is 0.763 bits per heavy atom. The Hall–Kier alpha value is -3.15. The Balaban J connectivity index is 1.78. The van der Waals surface area contributed by atoms with Crippen LogP contribution in [-0.2, 0) is 4.74 Å². The van der Waals surface area contributed by atoms with E-state index in [2.05, 4.69) is 19.2 Å². The number of rotatable bonds is 19. The van der Waals surface area contributed by atoms with E-state index in [1.165, 1.54) is 49.9 Å². The third-order valence-corrected chi connectivity index (χ3v) is 6.48. The second kappa shape index (κ2) is 19.0. The fraction of sp³-hybridized carbons (Fsp3) is 0.531. The molecule has 1 unspecified atom stereocenters. The molecule has 0 aliphatic heterocycles. The minimum atomic E-state index is -0.510. The van der Waals surface area contributed by atoms with Gasteiger partial charge in [-0.15, -0.1) is 0 Å². The number of hydrogen-bond acceptors (Lipinski definition) is 5. The molecule has 0 spiro atoms. The van der Waals surface area contributed by atoms with E-state index in [1.807, 2.05) is 30.3 Å². The summed E-state index contributed by atoms with van der Waals surface area (Å²) >= 11 is 0. The number of benzene rings is 1. The highest BCUT2D eigenvalue weighted by atomic mass is 16.5. The van der Waals surface area contributed by atoms with Gasteiger partial charge in [-0.1, -0.05) is 83.4 Å². The molecular formula is C32H45NO5. The average Bonchev–Trinajstić information content (AvgIpc) is 3.13. The molecule has 0 aliphatic carbocycles. The minimum absolute atomic E-state index is 0.0313. The third kappa shape index (κ3) is 12.4. The van der Waals surface area contributed by atoms with Crippen molar-refractivity contribution in [3.05, 3.63) is 75.9 Å². The van der Waals surface area contributed by atoms with Crippen LogP contribution in [0.2, 0.25) is 0 Å². The van der Waals surface area contributed by atoms with Crippen molar-refractivity contribution in [1.82, 2.24) is 5.32 Å². The summed E-state index contributed by atoms with van der Waals surface area (Å²) in [6, 6.07) is 15.3. The van der Waals surface area contributed by atoms with Gasteiger partial charge in [0.05, 0.1) is 23.8 Å². The van der Waals surface area contributed by atoms with Crippen molar-refractivity contribution < 1.29 is 19.1 Å². The second-order valence-electron chi connectivity index (χ2n) is 9.75. The highest BCUT2D eigenvalue weighted by molar-refractivity contribution is 5.95. The molecule has 2 aromatic rings. The van der Waals surface area contributed by atoms with Crippen molar-refractivity contribution in [2.24, 2.45) is 0 Å². The maximum absolute atomic E-state index is 12.6. The highest BCUT2D eigenvalue weighted by Gasteiger charge is 2.13. The van der Waals surface area contributed by atoms with E-state index < -0.39 is 17.3 Å². The first kappa shape index (κ1) is 31.1. The topological polar surface area (TPSA) is 81.7 Å². The predicted molar refractivity (Wildman–Crippen MR) is 153 cm³/mol. The van der Waals surface area contributed by atoms with Crippen LogP contribution in [0.4, 0.5) is 0 Å². The second-order valence-corrected chi connectivity index (χ2v) is 9.75. The van der Waals surface area contributed by atoms with Crippen LogP contribution in [0, 0.1) is 0 Å². The normalized spacial score (nSPS) is 11.5. The van der Waals surface area contributed by atoms with Gasteiger partial charge in [-0.2, -0.15) is 0 Å². The first-order valence-corrected chi connectivity index (χ1v) is 14.4. The summed E-state index contributed by atoms with van der Waals surface area (Å²) in [6.07, 6.45) is 12.7. The van der Waals surface area contributed by atoms with Crippen LogP contribution in [0.3, 0.4) is 0 Å². The van der Waals surface area contributed by atoms with Gasteiger partial charge in [0.1, 0.15) is 5.75 Å². The first-order valence-electron chi connectivity index (χ1n) is 14.4. The molecule has 0 heterocycles. The number of para-hydroxylation sites is 1. The monoisotopic (exact) mass is 523 g/mol. The molecule has 0 fully saturated rings. The van der Waals surface area contributed by atoms with Crippen LogP contribution in [0.5, 0.6) is 5.75 Å². The summed E-state index contributed by atoms with van der Waals surface area (Å²) in [5.74, 6) is -0.0739. The standard InChI is InChI=1S/C32H45NO5/c1-3-5-7-8-9-10-14-24-33-31(35)29-22-20-26(21-23-30(29)34)32(36)37-25-15-19-27(16-6-4-2)38-28-17-12-11-13-18-28/h11-13,17-18,20-23,27H,3-10,14-16,19,24-25H2,1-2H3,(H,33,35). The lowest BCUT2D eigenvalue weighted by Gasteiger charge is -2.19. The molecule has 1 amide bonds. The van der Waals surface area contributed by atoms with Crippen molar-refractivity contribution in [3.63, 3.8) is 0 Å². The highest BCUT2D eigenvalue weighted by Crippen LogP contribution is 2.18. The number of amides is 1. The number of hydrogen-bond donors (Lipinski definition) is 1. The van der Waals surface area contributed by atoms with Crippen molar-refractivity contribution >= 4 is 11.9 Å². The SMILES string of the molecule is CCCCCCCCCNC(=O)c1ccc(C(=O)OCCCC(CCCC)Oc2ccccc2)ccc1=O. The van der Waals surface area contributed by atoms with Gasteiger partial charge in [-0.25, -0.2) is 4.79 Å². The lowest BCUT2D eigenvalue weighted by molar-refractivity contribution is 0.0480. The Morgan fingerprint density at radius 3 is 2.16 bits per heavy atom. The Bertz CT molecular complexity index is 1010. The van der Waals surface area contributed by atoms with E-state index in [4.69, 9.17) is 9.47 Å². The third-order valence-electron chi connectivity index (χ3n) is 6.48. The Labute approximate surface area is 228 Å². The Kier molecular flexibility index (Phi) is 15.5. The number of carbonyl (C=O) groups is 2. The van der Waals surface area contributed by atoms with Crippen LogP contribution in [0.25, 0.3) is 0 Å². The summed E-state index contributed by atoms with van der Waals surface area (Å²) in [5, 5.41) is 2.82. The molecule has 0 radical (unpaired) electrons. The first-order chi connectivity index (χ1) is 18.5. The summed E-state index contributed by atoms with van der Waals surface area (Å²) in [7, 11) is 0. The fourth-order valence-corrected chi connectivity index (χ4v) is 4.21. The van der Waals surface area contributed by atoms with Crippen LogP contribution >= 0.6 is 0 Å². The van der Waals surface area contributed by atoms with Crippen molar-refractivity contribution in [3.8, 4) is 5.75 Å². The van der Waals surface area contributed by atoms with Crippen LogP contribution in [-0.4, -0.2) is 31.1 Å². The molecule has 0 saturated carbocycles.